The Hall–Kier alpha value is -2.46. The molecule has 0 amide bonds. The van der Waals surface area contributed by atoms with Crippen molar-refractivity contribution in [2.45, 2.75) is 26.7 Å². The van der Waals surface area contributed by atoms with Crippen molar-refractivity contribution >= 4 is 18.2 Å². The minimum absolute atomic E-state index is 0.916. The molecule has 0 atom stereocenters. The van der Waals surface area contributed by atoms with E-state index >= 15 is 0 Å². The number of rotatable bonds is 1. The molecule has 0 aliphatic heterocycles. The second-order valence-electron chi connectivity index (χ2n) is 5.21. The average Bonchev–Trinajstić information content (AvgIpc) is 2.88. The molecule has 1 aromatic heterocycles. The van der Waals surface area contributed by atoms with Gasteiger partial charge in [-0.1, -0.05) is 24.1 Å². The number of benzene rings is 1. The van der Waals surface area contributed by atoms with Crippen LogP contribution in [0.5, 0.6) is 0 Å². The van der Waals surface area contributed by atoms with Gasteiger partial charge in [-0.3, -0.25) is 0 Å². The highest BCUT2D eigenvalue weighted by Crippen LogP contribution is 2.19. The van der Waals surface area contributed by atoms with Crippen LogP contribution in [0, 0.1) is 12.3 Å². The van der Waals surface area contributed by atoms with Crippen LogP contribution in [0.2, 0.25) is 0 Å². The summed E-state index contributed by atoms with van der Waals surface area (Å²) in [5.74, 6) is 2.68. The van der Waals surface area contributed by atoms with Gasteiger partial charge in [0.2, 0.25) is 0 Å². The first kappa shape index (κ1) is 13.5. The molecule has 1 heteroatoms. The lowest BCUT2D eigenvalue weighted by molar-refractivity contribution is 0.949. The van der Waals surface area contributed by atoms with Crippen molar-refractivity contribution < 1.29 is 0 Å². The van der Waals surface area contributed by atoms with Crippen molar-refractivity contribution in [1.82, 2.24) is 4.57 Å². The van der Waals surface area contributed by atoms with Gasteiger partial charge in [-0.2, -0.15) is 0 Å². The summed E-state index contributed by atoms with van der Waals surface area (Å²) in [5, 5.41) is 2.63. The van der Waals surface area contributed by atoms with Crippen molar-refractivity contribution in [1.29, 1.82) is 0 Å². The van der Waals surface area contributed by atoms with E-state index in [9.17, 15) is 0 Å². The zero-order valence-electron chi connectivity index (χ0n) is 12.6. The summed E-state index contributed by atoms with van der Waals surface area (Å²) < 4.78 is 2.33. The maximum atomic E-state index is 5.45. The fourth-order valence-corrected chi connectivity index (χ4v) is 3.13. The molecular weight excluding hydrogens is 254 g/mol. The first-order valence-electron chi connectivity index (χ1n) is 7.40. The molecule has 3 rings (SSSR count). The number of hydrogen-bond acceptors (Lipinski definition) is 0. The normalized spacial score (nSPS) is 15.1. The molecule has 0 fully saturated rings. The number of hydrogen-bond donors (Lipinski definition) is 0. The van der Waals surface area contributed by atoms with Crippen LogP contribution >= 0.6 is 0 Å². The molecular formula is C20H19N. The molecule has 0 bridgehead atoms. The molecule has 0 saturated carbocycles. The summed E-state index contributed by atoms with van der Waals surface area (Å²) in [6.45, 7) is 4.22. The summed E-state index contributed by atoms with van der Waals surface area (Å²) in [4.78, 5) is 0. The fraction of sp³-hybridized carbons (Fsp3) is 0.200. The number of terminal acetylenes is 1. The van der Waals surface area contributed by atoms with Crippen molar-refractivity contribution in [3.05, 3.63) is 57.7 Å². The maximum Gasteiger partial charge on any atom is 0.0497 e. The molecule has 0 saturated heterocycles. The third kappa shape index (κ3) is 2.14. The van der Waals surface area contributed by atoms with Gasteiger partial charge in [0.1, 0.15) is 0 Å². The minimum atomic E-state index is 0.916. The standard InChI is InChI=1S/C20H19N/c1-4-15-11-13-16(14-12-15)21-19(6-3)17(5-2)18-9-7-8-10-20(18)21/h1,5-6,8,10-14H,7,9H2,2-3H3/b17-5-,19-6+. The Balaban J connectivity index is 2.35. The third-order valence-electron chi connectivity index (χ3n) is 4.08. The monoisotopic (exact) mass is 273 g/mol. The Morgan fingerprint density at radius 2 is 1.90 bits per heavy atom. The van der Waals surface area contributed by atoms with Gasteiger partial charge in [0.05, 0.1) is 0 Å². The van der Waals surface area contributed by atoms with Gasteiger partial charge in [0, 0.05) is 22.3 Å². The molecule has 104 valence electrons. The molecule has 2 aromatic rings. The summed E-state index contributed by atoms with van der Waals surface area (Å²) in [6, 6.07) is 8.21. The molecule has 1 aliphatic carbocycles. The van der Waals surface area contributed by atoms with Crippen LogP contribution in [0.4, 0.5) is 0 Å². The van der Waals surface area contributed by atoms with Crippen molar-refractivity contribution in [3.63, 3.8) is 0 Å². The molecule has 0 N–H and O–H groups in total. The molecule has 0 spiro atoms. The number of aromatic nitrogens is 1. The lowest BCUT2D eigenvalue weighted by Gasteiger charge is -2.11. The van der Waals surface area contributed by atoms with E-state index in [0.717, 1.165) is 24.1 Å². The lowest BCUT2D eigenvalue weighted by atomic mass is 10.0. The quantitative estimate of drug-likeness (QED) is 0.704. The third-order valence-corrected chi connectivity index (χ3v) is 4.08. The Morgan fingerprint density at radius 3 is 2.52 bits per heavy atom. The van der Waals surface area contributed by atoms with E-state index in [1.807, 2.05) is 12.1 Å². The first-order chi connectivity index (χ1) is 10.3. The minimum Gasteiger partial charge on any atom is -0.310 e. The fourth-order valence-electron chi connectivity index (χ4n) is 3.13. The van der Waals surface area contributed by atoms with Gasteiger partial charge in [0.15, 0.2) is 0 Å². The first-order valence-corrected chi connectivity index (χ1v) is 7.40. The van der Waals surface area contributed by atoms with Gasteiger partial charge < -0.3 is 4.57 Å². The average molecular weight is 273 g/mol. The zero-order valence-corrected chi connectivity index (χ0v) is 12.6. The molecule has 1 nitrogen and oxygen atoms in total. The Kier molecular flexibility index (Phi) is 3.54. The van der Waals surface area contributed by atoms with E-state index < -0.39 is 0 Å². The summed E-state index contributed by atoms with van der Waals surface area (Å²) in [5.41, 5.74) is 4.84. The SMILES string of the molecule is C#Cc1ccc(-n2c3c(c(=C/C)/c2=C\C)CCC=C3)cc1. The summed E-state index contributed by atoms with van der Waals surface area (Å²) in [7, 11) is 0. The van der Waals surface area contributed by atoms with Crippen LogP contribution in [-0.4, -0.2) is 4.57 Å². The van der Waals surface area contributed by atoms with E-state index in [1.54, 1.807) is 0 Å². The van der Waals surface area contributed by atoms with Crippen LogP contribution in [0.15, 0.2) is 30.3 Å². The topological polar surface area (TPSA) is 4.93 Å². The van der Waals surface area contributed by atoms with Crippen LogP contribution < -0.4 is 10.6 Å². The highest BCUT2D eigenvalue weighted by atomic mass is 15.0. The van der Waals surface area contributed by atoms with Crippen LogP contribution in [-0.2, 0) is 6.42 Å². The van der Waals surface area contributed by atoms with Crippen molar-refractivity contribution in [2.75, 3.05) is 0 Å². The number of fused-ring (bicyclic) bond motifs is 1. The number of nitrogens with zero attached hydrogens (tertiary/aromatic N) is 1. The van der Waals surface area contributed by atoms with Gasteiger partial charge in [-0.05, 0) is 67.8 Å². The van der Waals surface area contributed by atoms with Gasteiger partial charge in [-0.25, -0.2) is 0 Å². The second kappa shape index (κ2) is 5.50. The molecule has 0 radical (unpaired) electrons. The molecule has 1 aliphatic rings. The molecule has 1 heterocycles. The highest BCUT2D eigenvalue weighted by molar-refractivity contribution is 5.60. The van der Waals surface area contributed by atoms with E-state index in [1.165, 1.54) is 21.8 Å². The molecule has 1 aromatic carbocycles. The zero-order chi connectivity index (χ0) is 14.8. The van der Waals surface area contributed by atoms with Gasteiger partial charge in [0.25, 0.3) is 0 Å². The molecule has 21 heavy (non-hydrogen) atoms. The maximum absolute atomic E-state index is 5.45. The lowest BCUT2D eigenvalue weighted by Crippen LogP contribution is -2.29. The Morgan fingerprint density at radius 1 is 1.14 bits per heavy atom. The van der Waals surface area contributed by atoms with Crippen molar-refractivity contribution in [3.8, 4) is 18.0 Å². The van der Waals surface area contributed by atoms with E-state index in [4.69, 9.17) is 6.42 Å². The predicted molar refractivity (Wildman–Crippen MR) is 90.6 cm³/mol. The predicted octanol–water partition coefficient (Wildman–Crippen LogP) is 3.02. The highest BCUT2D eigenvalue weighted by Gasteiger charge is 2.15. The Bertz CT molecular complexity index is 853. The van der Waals surface area contributed by atoms with E-state index in [-0.39, 0.29) is 0 Å². The summed E-state index contributed by atoms with van der Waals surface area (Å²) >= 11 is 0. The largest absolute Gasteiger partial charge is 0.310 e. The van der Waals surface area contributed by atoms with Crippen LogP contribution in [0.3, 0.4) is 0 Å². The molecule has 0 unspecified atom stereocenters. The van der Waals surface area contributed by atoms with Crippen molar-refractivity contribution in [2.24, 2.45) is 0 Å². The van der Waals surface area contributed by atoms with E-state index in [0.29, 0.717) is 0 Å². The number of allylic oxidation sites excluding steroid dienone is 1. The smallest absolute Gasteiger partial charge is 0.0497 e. The van der Waals surface area contributed by atoms with Crippen LogP contribution in [0.25, 0.3) is 23.9 Å². The van der Waals surface area contributed by atoms with Crippen LogP contribution in [0.1, 0.15) is 37.1 Å². The summed E-state index contributed by atoms with van der Waals surface area (Å²) in [6.07, 6.45) is 16.6. The Labute approximate surface area is 125 Å². The van der Waals surface area contributed by atoms with E-state index in [2.05, 4.69) is 60.8 Å². The van der Waals surface area contributed by atoms with Gasteiger partial charge >= 0.3 is 0 Å². The second-order valence-corrected chi connectivity index (χ2v) is 5.21. The van der Waals surface area contributed by atoms with Gasteiger partial charge in [-0.15, -0.1) is 6.42 Å².